The summed E-state index contributed by atoms with van der Waals surface area (Å²) < 4.78 is 0. The highest BCUT2D eigenvalue weighted by atomic mass is 32.1. The first-order valence-corrected chi connectivity index (χ1v) is 10.3. The quantitative estimate of drug-likeness (QED) is 0.525. The predicted molar refractivity (Wildman–Crippen MR) is 116 cm³/mol. The second-order valence-corrected chi connectivity index (χ2v) is 7.87. The number of hydrogen-bond acceptors (Lipinski definition) is 5. The summed E-state index contributed by atoms with van der Waals surface area (Å²) in [7, 11) is 0. The Kier molecular flexibility index (Phi) is 6.46. The van der Waals surface area contributed by atoms with Gasteiger partial charge in [0.05, 0.1) is 5.69 Å². The van der Waals surface area contributed by atoms with Gasteiger partial charge in [-0.3, -0.25) is 19.8 Å². The van der Waals surface area contributed by atoms with Gasteiger partial charge in [-0.05, 0) is 44.2 Å². The van der Waals surface area contributed by atoms with Crippen LogP contribution in [0, 0.1) is 0 Å². The zero-order chi connectivity index (χ0) is 21.0. The number of anilines is 1. The SMILES string of the molecule is CCN(Cc1ccc(C(=O)Nc2nc(-c3c[nH]c(C(N)=O)c3)cs2)cc1)C(C)C. The number of nitrogens with two attached hydrogens (primary N) is 1. The average molecular weight is 412 g/mol. The van der Waals surface area contributed by atoms with Crippen molar-refractivity contribution < 1.29 is 9.59 Å². The number of aromatic nitrogens is 2. The van der Waals surface area contributed by atoms with Crippen molar-refractivity contribution in [3.8, 4) is 11.3 Å². The monoisotopic (exact) mass is 411 g/mol. The number of aromatic amines is 1. The summed E-state index contributed by atoms with van der Waals surface area (Å²) in [6.07, 6.45) is 1.66. The lowest BCUT2D eigenvalue weighted by atomic mass is 10.1. The topological polar surface area (TPSA) is 104 Å². The van der Waals surface area contributed by atoms with E-state index in [1.807, 2.05) is 29.6 Å². The first-order valence-electron chi connectivity index (χ1n) is 9.45. The van der Waals surface area contributed by atoms with Crippen LogP contribution in [0.4, 0.5) is 5.13 Å². The standard InChI is InChI=1S/C21H25N5O2S/c1-4-26(13(2)3)11-14-5-7-15(8-6-14)20(28)25-21-24-18(12-29-21)16-9-17(19(22)27)23-10-16/h5-10,12-13,23H,4,11H2,1-3H3,(H2,22,27)(H,24,25,28). The zero-order valence-corrected chi connectivity index (χ0v) is 17.5. The minimum absolute atomic E-state index is 0.208. The Morgan fingerprint density at radius 1 is 1.28 bits per heavy atom. The molecule has 0 atom stereocenters. The summed E-state index contributed by atoms with van der Waals surface area (Å²) in [6.45, 7) is 8.34. The Bertz CT molecular complexity index is 991. The smallest absolute Gasteiger partial charge is 0.265 e. The van der Waals surface area contributed by atoms with Crippen molar-refractivity contribution in [3.05, 3.63) is 58.7 Å². The number of carbonyl (C=O) groups excluding carboxylic acids is 2. The van der Waals surface area contributed by atoms with Crippen molar-refractivity contribution in [2.45, 2.75) is 33.4 Å². The van der Waals surface area contributed by atoms with E-state index in [0.29, 0.717) is 28.1 Å². The highest BCUT2D eigenvalue weighted by Gasteiger charge is 2.13. The number of primary amides is 1. The van der Waals surface area contributed by atoms with Gasteiger partial charge in [-0.25, -0.2) is 4.98 Å². The number of rotatable bonds is 8. The number of hydrogen-bond donors (Lipinski definition) is 3. The third-order valence-corrected chi connectivity index (χ3v) is 5.46. The van der Waals surface area contributed by atoms with E-state index >= 15 is 0 Å². The minimum Gasteiger partial charge on any atom is -0.364 e. The maximum Gasteiger partial charge on any atom is 0.265 e. The van der Waals surface area contributed by atoms with Crippen LogP contribution in [0.3, 0.4) is 0 Å². The fraction of sp³-hybridized carbons (Fsp3) is 0.286. The van der Waals surface area contributed by atoms with Gasteiger partial charge in [0.15, 0.2) is 5.13 Å². The molecule has 0 aliphatic rings. The van der Waals surface area contributed by atoms with Gasteiger partial charge in [0.25, 0.3) is 11.8 Å². The van der Waals surface area contributed by atoms with Crippen LogP contribution in [0.5, 0.6) is 0 Å². The zero-order valence-electron chi connectivity index (χ0n) is 16.7. The highest BCUT2D eigenvalue weighted by Crippen LogP contribution is 2.26. The Labute approximate surface area is 174 Å². The van der Waals surface area contributed by atoms with E-state index < -0.39 is 5.91 Å². The van der Waals surface area contributed by atoms with Crippen molar-refractivity contribution in [2.24, 2.45) is 5.73 Å². The van der Waals surface area contributed by atoms with Crippen molar-refractivity contribution >= 4 is 28.3 Å². The normalized spacial score (nSPS) is 11.2. The summed E-state index contributed by atoms with van der Waals surface area (Å²) in [4.78, 5) is 33.3. The third-order valence-electron chi connectivity index (χ3n) is 4.71. The molecule has 4 N–H and O–H groups in total. The molecule has 0 saturated heterocycles. The van der Waals surface area contributed by atoms with Gasteiger partial charge in [0.2, 0.25) is 0 Å². The van der Waals surface area contributed by atoms with Crippen LogP contribution in [-0.2, 0) is 6.54 Å². The summed E-state index contributed by atoms with van der Waals surface area (Å²) >= 11 is 1.32. The number of nitrogens with zero attached hydrogens (tertiary/aromatic N) is 2. The van der Waals surface area contributed by atoms with Crippen LogP contribution in [0.1, 0.15) is 47.2 Å². The predicted octanol–water partition coefficient (Wildman–Crippen LogP) is 3.72. The van der Waals surface area contributed by atoms with Gasteiger partial charge >= 0.3 is 0 Å². The lowest BCUT2D eigenvalue weighted by molar-refractivity contribution is 0.0994. The van der Waals surface area contributed by atoms with E-state index in [-0.39, 0.29) is 5.91 Å². The average Bonchev–Trinajstić information content (AvgIpc) is 3.35. The van der Waals surface area contributed by atoms with E-state index in [1.54, 1.807) is 12.3 Å². The molecule has 1 aromatic carbocycles. The van der Waals surface area contributed by atoms with Crippen molar-refractivity contribution in [1.82, 2.24) is 14.9 Å². The lowest BCUT2D eigenvalue weighted by Crippen LogP contribution is -2.29. The van der Waals surface area contributed by atoms with Crippen molar-refractivity contribution in [1.29, 1.82) is 0 Å². The van der Waals surface area contributed by atoms with E-state index in [9.17, 15) is 9.59 Å². The molecule has 29 heavy (non-hydrogen) atoms. The second-order valence-electron chi connectivity index (χ2n) is 7.01. The summed E-state index contributed by atoms with van der Waals surface area (Å²) in [5.41, 5.74) is 8.73. The van der Waals surface area contributed by atoms with Gasteiger partial charge in [-0.1, -0.05) is 19.1 Å². The number of amides is 2. The Balaban J connectivity index is 1.64. The Morgan fingerprint density at radius 3 is 2.59 bits per heavy atom. The van der Waals surface area contributed by atoms with E-state index in [4.69, 9.17) is 5.73 Å². The van der Waals surface area contributed by atoms with Crippen molar-refractivity contribution in [3.63, 3.8) is 0 Å². The molecule has 2 amide bonds. The number of nitrogens with one attached hydrogen (secondary N) is 2. The van der Waals surface area contributed by atoms with Gasteiger partial charge in [-0.2, -0.15) is 0 Å². The fourth-order valence-corrected chi connectivity index (χ4v) is 3.69. The summed E-state index contributed by atoms with van der Waals surface area (Å²) in [5, 5.41) is 5.13. The van der Waals surface area contributed by atoms with E-state index in [0.717, 1.165) is 18.7 Å². The molecule has 0 bridgehead atoms. The lowest BCUT2D eigenvalue weighted by Gasteiger charge is -2.24. The van der Waals surface area contributed by atoms with E-state index in [2.05, 4.69) is 41.0 Å². The van der Waals surface area contributed by atoms with Gasteiger partial charge in [0.1, 0.15) is 5.69 Å². The molecule has 0 aliphatic heterocycles. The molecule has 2 heterocycles. The number of H-pyrrole nitrogens is 1. The largest absolute Gasteiger partial charge is 0.364 e. The first kappa shape index (κ1) is 20.8. The Morgan fingerprint density at radius 2 is 2.00 bits per heavy atom. The molecule has 0 fully saturated rings. The van der Waals surface area contributed by atoms with Crippen LogP contribution >= 0.6 is 11.3 Å². The highest BCUT2D eigenvalue weighted by molar-refractivity contribution is 7.14. The number of thiazole rings is 1. The Hall–Kier alpha value is -2.97. The molecule has 2 aromatic heterocycles. The van der Waals surface area contributed by atoms with Gasteiger partial charge in [-0.15, -0.1) is 11.3 Å². The van der Waals surface area contributed by atoms with Gasteiger partial charge in [0, 0.05) is 35.3 Å². The summed E-state index contributed by atoms with van der Waals surface area (Å²) in [5.74, 6) is -0.737. The molecule has 7 nitrogen and oxygen atoms in total. The van der Waals surface area contributed by atoms with Crippen LogP contribution < -0.4 is 11.1 Å². The van der Waals surface area contributed by atoms with Crippen LogP contribution in [0.2, 0.25) is 0 Å². The fourth-order valence-electron chi connectivity index (χ4n) is 2.97. The molecule has 0 saturated carbocycles. The maximum atomic E-state index is 12.5. The molecular formula is C21H25N5O2S. The molecule has 0 spiro atoms. The van der Waals surface area contributed by atoms with Crippen molar-refractivity contribution in [2.75, 3.05) is 11.9 Å². The minimum atomic E-state index is -0.529. The summed E-state index contributed by atoms with van der Waals surface area (Å²) in [6, 6.07) is 9.74. The molecule has 8 heteroatoms. The van der Waals surface area contributed by atoms with Crippen LogP contribution in [0.25, 0.3) is 11.3 Å². The second kappa shape index (κ2) is 9.02. The van der Waals surface area contributed by atoms with Crippen LogP contribution in [-0.4, -0.2) is 39.3 Å². The molecule has 0 unspecified atom stereocenters. The maximum absolute atomic E-state index is 12.5. The molecule has 0 aliphatic carbocycles. The molecule has 3 rings (SSSR count). The molecular weight excluding hydrogens is 386 g/mol. The third kappa shape index (κ3) is 5.10. The molecule has 152 valence electrons. The number of benzene rings is 1. The van der Waals surface area contributed by atoms with Gasteiger partial charge < -0.3 is 10.7 Å². The van der Waals surface area contributed by atoms with Crippen LogP contribution in [0.15, 0.2) is 41.9 Å². The molecule has 3 aromatic rings. The number of carbonyl (C=O) groups is 2. The van der Waals surface area contributed by atoms with E-state index in [1.165, 1.54) is 16.9 Å². The molecule has 0 radical (unpaired) electrons. The first-order chi connectivity index (χ1) is 13.9.